The average Bonchev–Trinajstić information content (AvgIpc) is 3.27. The first kappa shape index (κ1) is 40.4. The molecular weight excluding hydrogens is 607 g/mol. The van der Waals surface area contributed by atoms with Gasteiger partial charge in [-0.2, -0.15) is 6.08 Å². The van der Waals surface area contributed by atoms with Gasteiger partial charge >= 0.3 is 29.9 Å². The van der Waals surface area contributed by atoms with Gasteiger partial charge in [0.05, 0.1) is 0 Å². The monoisotopic (exact) mass is 663 g/mol. The van der Waals surface area contributed by atoms with Crippen molar-refractivity contribution in [3.63, 3.8) is 0 Å². The maximum absolute atomic E-state index is 5.47. The van der Waals surface area contributed by atoms with E-state index in [-0.39, 0.29) is 43.3 Å². The van der Waals surface area contributed by atoms with Crippen molar-refractivity contribution in [2.45, 2.75) is 115 Å². The van der Waals surface area contributed by atoms with Gasteiger partial charge in [0, 0.05) is 27.4 Å². The molecule has 0 atom stereocenters. The van der Waals surface area contributed by atoms with Crippen LogP contribution in [-0.2, 0) is 34.3 Å². The molecule has 0 aromatic heterocycles. The number of rotatable bonds is 21. The summed E-state index contributed by atoms with van der Waals surface area (Å²) in [6.45, 7) is 0. The third-order valence-electron chi connectivity index (χ3n) is 6.13. The Balaban J connectivity index is -0.00000105. The standard InChI is InChI=1S/C25H47O3Si.3CH3.Pt/c1-26-29(27-2,28-3)24-20-16-14-12-10-8-6-4-5-7-9-11-13-15-17-21-25-22-18-19-23-25;;;;/h18,22H,4-17,19-21,24H2,1-3H3;3*1H3;/q4*-1;+4. The van der Waals surface area contributed by atoms with Crippen LogP contribution < -0.4 is 0 Å². The van der Waals surface area contributed by atoms with Crippen LogP contribution in [0, 0.1) is 28.4 Å². The molecule has 5 heteroatoms. The van der Waals surface area contributed by atoms with Crippen molar-refractivity contribution in [1.82, 2.24) is 0 Å². The predicted octanol–water partition coefficient (Wildman–Crippen LogP) is 9.14. The van der Waals surface area contributed by atoms with Crippen LogP contribution in [0.4, 0.5) is 0 Å². The largest absolute Gasteiger partial charge is 4.00 e. The van der Waals surface area contributed by atoms with E-state index in [4.69, 9.17) is 13.3 Å². The summed E-state index contributed by atoms with van der Waals surface area (Å²) in [6.07, 6.45) is 30.8. The molecule has 200 valence electrons. The Hall–Kier alpha value is 0.265. The zero-order chi connectivity index (χ0) is 21.0. The van der Waals surface area contributed by atoms with Crippen LogP contribution in [0.15, 0.2) is 17.7 Å². The third-order valence-corrected chi connectivity index (χ3v) is 8.96. The maximum atomic E-state index is 5.47. The molecule has 3 nitrogen and oxygen atoms in total. The summed E-state index contributed by atoms with van der Waals surface area (Å²) in [7, 11) is 2.77. The third kappa shape index (κ3) is 21.3. The first-order valence-corrected chi connectivity index (χ1v) is 14.1. The zero-order valence-electron chi connectivity index (χ0n) is 22.9. The second kappa shape index (κ2) is 28.5. The molecule has 33 heavy (non-hydrogen) atoms. The van der Waals surface area contributed by atoms with Gasteiger partial charge < -0.3 is 35.6 Å². The molecule has 0 saturated carbocycles. The molecule has 1 rings (SSSR count). The Bertz CT molecular complexity index is 429. The fourth-order valence-corrected chi connectivity index (χ4v) is 5.93. The second-order valence-electron chi connectivity index (χ2n) is 8.41. The Labute approximate surface area is 225 Å². The molecule has 0 N–H and O–H groups in total. The van der Waals surface area contributed by atoms with E-state index in [9.17, 15) is 0 Å². The molecule has 0 spiro atoms. The SMILES string of the molecule is CO[Si](CCCCCCCCCCCCCCCCCC1=[C-]CC=C1)(OC)OC.[CH3-].[CH3-].[CH3-].[Pt+4]. The molecule has 1 aliphatic carbocycles. The van der Waals surface area contributed by atoms with Crippen LogP contribution in [0.25, 0.3) is 0 Å². The summed E-state index contributed by atoms with van der Waals surface area (Å²) in [6, 6.07) is 0.935. The van der Waals surface area contributed by atoms with Crippen LogP contribution in [0.5, 0.6) is 0 Å². The van der Waals surface area contributed by atoms with Crippen LogP contribution >= 0.6 is 0 Å². The van der Waals surface area contributed by atoms with Crippen LogP contribution in [0.3, 0.4) is 0 Å². The Morgan fingerprint density at radius 3 is 1.33 bits per heavy atom. The molecule has 0 unspecified atom stereocenters. The quantitative estimate of drug-likeness (QED) is 0.0697. The van der Waals surface area contributed by atoms with Gasteiger partial charge in [0.25, 0.3) is 0 Å². The topological polar surface area (TPSA) is 27.7 Å². The van der Waals surface area contributed by atoms with Gasteiger partial charge in [-0.25, -0.2) is 11.6 Å². The van der Waals surface area contributed by atoms with Gasteiger partial charge in [-0.15, -0.1) is 6.42 Å². The fraction of sp³-hybridized carbons (Fsp3) is 0.750. The second-order valence-corrected chi connectivity index (χ2v) is 11.5. The number of allylic oxidation sites excluding steroid dienone is 4. The van der Waals surface area contributed by atoms with E-state index < -0.39 is 8.80 Å². The summed E-state index contributed by atoms with van der Waals surface area (Å²) in [5.74, 6) is 0. The minimum absolute atomic E-state index is 0. The van der Waals surface area contributed by atoms with E-state index >= 15 is 0 Å². The van der Waals surface area contributed by atoms with Crippen molar-refractivity contribution >= 4 is 8.80 Å². The van der Waals surface area contributed by atoms with Gasteiger partial charge in [-0.3, -0.25) is 6.08 Å². The molecule has 0 radical (unpaired) electrons. The van der Waals surface area contributed by atoms with Crippen molar-refractivity contribution in [3.05, 3.63) is 46.1 Å². The summed E-state index contributed by atoms with van der Waals surface area (Å²) < 4.78 is 16.4. The number of unbranched alkanes of at least 4 members (excludes halogenated alkanes) is 14. The first-order chi connectivity index (χ1) is 14.3. The summed E-state index contributed by atoms with van der Waals surface area (Å²) in [5.41, 5.74) is 1.44. The van der Waals surface area contributed by atoms with Crippen molar-refractivity contribution in [2.75, 3.05) is 21.3 Å². The van der Waals surface area contributed by atoms with E-state index in [0.29, 0.717) is 0 Å². The fourth-order valence-electron chi connectivity index (χ4n) is 4.13. The minimum Gasteiger partial charge on any atom is -0.377 e. The molecule has 0 amide bonds. The van der Waals surface area contributed by atoms with Crippen molar-refractivity contribution in [1.29, 1.82) is 0 Å². The Morgan fingerprint density at radius 2 is 1.00 bits per heavy atom. The molecule has 0 saturated heterocycles. The normalized spacial score (nSPS) is 12.3. The predicted molar refractivity (Wildman–Crippen MR) is 145 cm³/mol. The van der Waals surface area contributed by atoms with Gasteiger partial charge in [-0.1, -0.05) is 96.3 Å². The van der Waals surface area contributed by atoms with Gasteiger partial charge in [-0.05, 0) is 6.42 Å². The number of hydrogen-bond acceptors (Lipinski definition) is 3. The smallest absolute Gasteiger partial charge is 0.377 e. The molecule has 0 aliphatic heterocycles. The van der Waals surface area contributed by atoms with E-state index in [2.05, 4.69) is 18.2 Å². The van der Waals surface area contributed by atoms with Crippen LogP contribution in [0.1, 0.15) is 109 Å². The summed E-state index contributed by atoms with van der Waals surface area (Å²) in [4.78, 5) is 0. The molecule has 1 aliphatic rings. The maximum Gasteiger partial charge on any atom is 4.00 e. The van der Waals surface area contributed by atoms with E-state index in [0.717, 1.165) is 18.9 Å². The van der Waals surface area contributed by atoms with Crippen molar-refractivity contribution < 1.29 is 34.3 Å². The molecule has 0 bridgehead atoms. The molecule has 0 heterocycles. The number of hydrogen-bond donors (Lipinski definition) is 0. The zero-order valence-corrected chi connectivity index (χ0v) is 26.2. The summed E-state index contributed by atoms with van der Waals surface area (Å²) >= 11 is 0. The van der Waals surface area contributed by atoms with Crippen LogP contribution in [0.2, 0.25) is 6.04 Å². The minimum atomic E-state index is -2.34. The van der Waals surface area contributed by atoms with Gasteiger partial charge in [0.2, 0.25) is 0 Å². The Morgan fingerprint density at radius 1 is 0.636 bits per heavy atom. The Kier molecular flexibility index (Phi) is 34.9. The molecule has 0 fully saturated rings. The average molecular weight is 664 g/mol. The van der Waals surface area contributed by atoms with E-state index in [1.165, 1.54) is 102 Å². The van der Waals surface area contributed by atoms with Crippen molar-refractivity contribution in [3.8, 4) is 0 Å². The van der Waals surface area contributed by atoms with E-state index in [1.807, 2.05) is 0 Å². The van der Waals surface area contributed by atoms with Gasteiger partial charge in [0.15, 0.2) is 0 Å². The van der Waals surface area contributed by atoms with E-state index in [1.54, 1.807) is 21.3 Å². The molecular formula is C28H56O3PtSi. The summed E-state index contributed by atoms with van der Waals surface area (Å²) in [5, 5.41) is 0. The van der Waals surface area contributed by atoms with Crippen molar-refractivity contribution in [2.24, 2.45) is 0 Å². The van der Waals surface area contributed by atoms with Crippen LogP contribution in [-0.4, -0.2) is 30.1 Å². The van der Waals surface area contributed by atoms with Gasteiger partial charge in [0.1, 0.15) is 0 Å². The molecule has 0 aromatic carbocycles. The molecule has 0 aromatic rings. The first-order valence-electron chi connectivity index (χ1n) is 12.2.